The van der Waals surface area contributed by atoms with Crippen molar-refractivity contribution in [2.24, 2.45) is 0 Å². The Hall–Kier alpha value is -4.28. The van der Waals surface area contributed by atoms with Crippen molar-refractivity contribution in [2.75, 3.05) is 17.3 Å². The predicted molar refractivity (Wildman–Crippen MR) is 105 cm³/mol. The van der Waals surface area contributed by atoms with Gasteiger partial charge in [-0.15, -0.1) is 0 Å². The molecular weight excluding hydrogens is 378 g/mol. The Bertz CT molecular complexity index is 1010. The molecule has 29 heavy (non-hydrogen) atoms. The third-order valence-corrected chi connectivity index (χ3v) is 3.68. The number of hydrazine groups is 1. The summed E-state index contributed by atoms with van der Waals surface area (Å²) in [4.78, 5) is 34.7. The molecule has 11 nitrogen and oxygen atoms in total. The summed E-state index contributed by atoms with van der Waals surface area (Å²) in [6, 6.07) is 12.3. The van der Waals surface area contributed by atoms with Gasteiger partial charge in [0.05, 0.1) is 4.92 Å². The van der Waals surface area contributed by atoms with E-state index in [4.69, 9.17) is 4.74 Å². The summed E-state index contributed by atoms with van der Waals surface area (Å²) in [6.45, 7) is 1.52. The van der Waals surface area contributed by atoms with Crippen molar-refractivity contribution in [2.45, 2.75) is 6.92 Å². The van der Waals surface area contributed by atoms with Crippen LogP contribution < -0.4 is 20.9 Å². The van der Waals surface area contributed by atoms with Crippen LogP contribution >= 0.6 is 0 Å². The average molecular weight is 395 g/mol. The maximum absolute atomic E-state index is 12.0. The van der Waals surface area contributed by atoms with Crippen molar-refractivity contribution in [1.29, 1.82) is 0 Å². The quantitative estimate of drug-likeness (QED) is 0.386. The fourth-order valence-electron chi connectivity index (χ4n) is 2.29. The summed E-state index contributed by atoms with van der Waals surface area (Å²) < 4.78 is 5.31. The van der Waals surface area contributed by atoms with Crippen LogP contribution in [-0.2, 0) is 4.79 Å². The predicted octanol–water partition coefficient (Wildman–Crippen LogP) is 2.35. The molecule has 0 fully saturated rings. The second kappa shape index (κ2) is 9.08. The monoisotopic (exact) mass is 395 g/mol. The lowest BCUT2D eigenvalue weighted by molar-refractivity contribution is -0.383. The summed E-state index contributed by atoms with van der Waals surface area (Å²) in [6.07, 6.45) is 2.68. The molecule has 0 aliphatic carbocycles. The number of aromatic nitrogens is 3. The van der Waals surface area contributed by atoms with Crippen LogP contribution in [0.2, 0.25) is 0 Å². The number of para-hydroxylation sites is 1. The summed E-state index contributed by atoms with van der Waals surface area (Å²) in [5.74, 6) is 0.142. The van der Waals surface area contributed by atoms with E-state index in [-0.39, 0.29) is 18.2 Å². The van der Waals surface area contributed by atoms with E-state index >= 15 is 0 Å². The molecule has 0 saturated carbocycles. The smallest absolute Gasteiger partial charge is 0.355 e. The maximum Gasteiger partial charge on any atom is 0.355 e. The van der Waals surface area contributed by atoms with Crippen molar-refractivity contribution in [1.82, 2.24) is 20.4 Å². The average Bonchev–Trinajstić information content (AvgIpc) is 2.73. The number of nitrogens with one attached hydrogen (secondary N) is 3. The molecule has 0 aliphatic heterocycles. The van der Waals surface area contributed by atoms with Gasteiger partial charge in [0.25, 0.3) is 5.91 Å². The molecule has 3 aromatic rings. The molecule has 0 spiro atoms. The normalized spacial score (nSPS) is 10.1. The fraction of sp³-hybridized carbons (Fsp3) is 0.111. The summed E-state index contributed by atoms with van der Waals surface area (Å²) >= 11 is 0. The number of pyridine rings is 1. The third-order valence-electron chi connectivity index (χ3n) is 3.68. The van der Waals surface area contributed by atoms with E-state index in [0.717, 1.165) is 11.9 Å². The number of hydrogen-bond acceptors (Lipinski definition) is 9. The van der Waals surface area contributed by atoms with Gasteiger partial charge in [0.15, 0.2) is 6.61 Å². The SMILES string of the molecule is Cc1cccnc1Nc1ncnc(NNC(=O)COc2ccccc2)c1[N+](=O)[O-]. The molecule has 148 valence electrons. The van der Waals surface area contributed by atoms with Crippen molar-refractivity contribution >= 4 is 29.0 Å². The third kappa shape index (κ3) is 5.13. The standard InChI is InChI=1S/C18H17N7O4/c1-12-6-5-9-19-16(12)22-17-15(25(27)28)18(21-11-20-17)24-23-14(26)10-29-13-7-3-2-4-8-13/h2-9,11H,10H2,1H3,(H,23,26)(H2,19,20,21,22,24). The van der Waals surface area contributed by atoms with Crippen molar-refractivity contribution in [3.63, 3.8) is 0 Å². The number of amides is 1. The zero-order valence-electron chi connectivity index (χ0n) is 15.3. The van der Waals surface area contributed by atoms with Gasteiger partial charge in [-0.1, -0.05) is 24.3 Å². The molecule has 0 bridgehead atoms. The van der Waals surface area contributed by atoms with E-state index in [1.54, 1.807) is 49.5 Å². The minimum absolute atomic E-state index is 0.0657. The van der Waals surface area contributed by atoms with E-state index in [1.165, 1.54) is 0 Å². The minimum Gasteiger partial charge on any atom is -0.484 e. The molecule has 2 aromatic heterocycles. The highest BCUT2D eigenvalue weighted by Crippen LogP contribution is 2.30. The number of aryl methyl sites for hydroxylation is 1. The highest BCUT2D eigenvalue weighted by atomic mass is 16.6. The minimum atomic E-state index is -0.657. The molecule has 0 aliphatic rings. The number of ether oxygens (including phenoxy) is 1. The van der Waals surface area contributed by atoms with Gasteiger partial charge in [0, 0.05) is 6.20 Å². The number of benzene rings is 1. The Morgan fingerprint density at radius 1 is 1.07 bits per heavy atom. The molecule has 11 heteroatoms. The lowest BCUT2D eigenvalue weighted by Crippen LogP contribution is -2.34. The molecule has 0 unspecified atom stereocenters. The lowest BCUT2D eigenvalue weighted by atomic mass is 10.3. The highest BCUT2D eigenvalue weighted by Gasteiger charge is 2.24. The topological polar surface area (TPSA) is 144 Å². The summed E-state index contributed by atoms with van der Waals surface area (Å²) in [5.41, 5.74) is 5.09. The molecular formula is C18H17N7O4. The number of rotatable bonds is 8. The fourth-order valence-corrected chi connectivity index (χ4v) is 2.29. The Morgan fingerprint density at radius 3 is 2.55 bits per heavy atom. The first kappa shape index (κ1) is 19.5. The lowest BCUT2D eigenvalue weighted by Gasteiger charge is -2.11. The van der Waals surface area contributed by atoms with Gasteiger partial charge in [-0.3, -0.25) is 25.8 Å². The van der Waals surface area contributed by atoms with E-state index in [2.05, 4.69) is 31.1 Å². The van der Waals surface area contributed by atoms with Crippen molar-refractivity contribution in [3.8, 4) is 5.75 Å². The number of carbonyl (C=O) groups is 1. The van der Waals surface area contributed by atoms with Gasteiger partial charge in [-0.05, 0) is 30.7 Å². The van der Waals surface area contributed by atoms with E-state index in [1.807, 2.05) is 6.07 Å². The van der Waals surface area contributed by atoms with Crippen LogP contribution in [0, 0.1) is 17.0 Å². The number of anilines is 3. The van der Waals surface area contributed by atoms with Crippen LogP contribution in [0.15, 0.2) is 55.0 Å². The number of nitro groups is 1. The van der Waals surface area contributed by atoms with Crippen LogP contribution in [0.3, 0.4) is 0 Å². The van der Waals surface area contributed by atoms with E-state index in [9.17, 15) is 14.9 Å². The van der Waals surface area contributed by atoms with Gasteiger partial charge in [-0.2, -0.15) is 0 Å². The van der Waals surface area contributed by atoms with Crippen LogP contribution in [0.1, 0.15) is 5.56 Å². The zero-order chi connectivity index (χ0) is 20.6. The highest BCUT2D eigenvalue weighted by molar-refractivity contribution is 5.80. The number of nitrogens with zero attached hydrogens (tertiary/aromatic N) is 4. The molecule has 0 radical (unpaired) electrons. The zero-order valence-corrected chi connectivity index (χ0v) is 15.3. The second-order valence-electron chi connectivity index (χ2n) is 5.75. The largest absolute Gasteiger partial charge is 0.484 e. The van der Waals surface area contributed by atoms with Gasteiger partial charge in [0.1, 0.15) is 17.9 Å². The van der Waals surface area contributed by atoms with Gasteiger partial charge < -0.3 is 10.1 Å². The molecule has 3 rings (SSSR count). The second-order valence-corrected chi connectivity index (χ2v) is 5.75. The Morgan fingerprint density at radius 2 is 1.83 bits per heavy atom. The van der Waals surface area contributed by atoms with Gasteiger partial charge >= 0.3 is 5.69 Å². The Labute approximate surface area is 165 Å². The first-order valence-corrected chi connectivity index (χ1v) is 8.45. The first-order chi connectivity index (χ1) is 14.0. The van der Waals surface area contributed by atoms with Crippen LogP contribution in [0.4, 0.5) is 23.1 Å². The summed E-state index contributed by atoms with van der Waals surface area (Å²) in [5, 5.41) is 14.4. The van der Waals surface area contributed by atoms with Gasteiger partial charge in [0.2, 0.25) is 11.6 Å². The van der Waals surface area contributed by atoms with Crippen molar-refractivity contribution < 1.29 is 14.5 Å². The van der Waals surface area contributed by atoms with Crippen LogP contribution in [0.5, 0.6) is 5.75 Å². The number of carbonyl (C=O) groups excluding carboxylic acids is 1. The number of hydrogen-bond donors (Lipinski definition) is 3. The Balaban J connectivity index is 1.69. The van der Waals surface area contributed by atoms with Gasteiger partial charge in [-0.25, -0.2) is 15.0 Å². The Kier molecular flexibility index (Phi) is 6.10. The molecule has 2 heterocycles. The molecule has 0 atom stereocenters. The summed E-state index contributed by atoms with van der Waals surface area (Å²) in [7, 11) is 0. The molecule has 1 amide bonds. The van der Waals surface area contributed by atoms with Crippen molar-refractivity contribution in [3.05, 3.63) is 70.7 Å². The van der Waals surface area contributed by atoms with Crippen LogP contribution in [-0.4, -0.2) is 32.4 Å². The van der Waals surface area contributed by atoms with Crippen LogP contribution in [0.25, 0.3) is 0 Å². The molecule has 3 N–H and O–H groups in total. The van der Waals surface area contributed by atoms with E-state index in [0.29, 0.717) is 11.6 Å². The first-order valence-electron chi connectivity index (χ1n) is 8.45. The maximum atomic E-state index is 12.0. The van der Waals surface area contributed by atoms with E-state index < -0.39 is 16.5 Å². The molecule has 1 aromatic carbocycles. The molecule has 0 saturated heterocycles.